The normalized spacial score (nSPS) is 19.2. The van der Waals surface area contributed by atoms with E-state index in [9.17, 15) is 13.2 Å². The topological polar surface area (TPSA) is 93.5 Å². The van der Waals surface area contributed by atoms with Gasteiger partial charge >= 0.3 is 0 Å². The Kier molecular flexibility index (Phi) is 6.44. The van der Waals surface area contributed by atoms with E-state index in [0.29, 0.717) is 32.8 Å². The Labute approximate surface area is 154 Å². The van der Waals surface area contributed by atoms with Gasteiger partial charge in [-0.3, -0.25) is 4.79 Å². The minimum absolute atomic E-state index is 0.0282. The number of nitrogens with one attached hydrogen (secondary N) is 1. The highest BCUT2D eigenvalue weighted by molar-refractivity contribution is 7.89. The number of imidazole rings is 1. The van der Waals surface area contributed by atoms with Gasteiger partial charge in [0, 0.05) is 25.8 Å². The number of ether oxygens (including phenoxy) is 1. The van der Waals surface area contributed by atoms with Crippen LogP contribution in [0.25, 0.3) is 0 Å². The third-order valence-corrected chi connectivity index (χ3v) is 6.45. The Morgan fingerprint density at radius 3 is 2.81 bits per heavy atom. The van der Waals surface area contributed by atoms with Crippen LogP contribution in [0.3, 0.4) is 0 Å². The smallest absolute Gasteiger partial charge is 0.262 e. The molecule has 0 radical (unpaired) electrons. The van der Waals surface area contributed by atoms with Gasteiger partial charge in [0.2, 0.25) is 5.91 Å². The second-order valence-electron chi connectivity index (χ2n) is 6.61. The molecule has 1 aliphatic carbocycles. The number of amides is 1. The molecule has 9 heteroatoms. The predicted octanol–water partition coefficient (Wildman–Crippen LogP) is 0.911. The zero-order valence-corrected chi connectivity index (χ0v) is 15.7. The minimum Gasteiger partial charge on any atom is -0.379 e. The van der Waals surface area contributed by atoms with Gasteiger partial charge in [0.25, 0.3) is 10.0 Å². The molecule has 0 unspecified atom stereocenters. The summed E-state index contributed by atoms with van der Waals surface area (Å²) >= 11 is 0. The third-order valence-electron chi connectivity index (χ3n) is 4.66. The largest absolute Gasteiger partial charge is 0.379 e. The van der Waals surface area contributed by atoms with Gasteiger partial charge < -0.3 is 14.6 Å². The second-order valence-corrected chi connectivity index (χ2v) is 8.49. The van der Waals surface area contributed by atoms with Crippen molar-refractivity contribution >= 4 is 15.9 Å². The summed E-state index contributed by atoms with van der Waals surface area (Å²) in [6.45, 7) is 2.09. The predicted molar refractivity (Wildman–Crippen MR) is 96.0 cm³/mol. The van der Waals surface area contributed by atoms with Crippen LogP contribution in [-0.2, 0) is 26.1 Å². The first-order chi connectivity index (χ1) is 12.6. The number of aromatic nitrogens is 2. The van der Waals surface area contributed by atoms with Crippen molar-refractivity contribution in [3.8, 4) is 0 Å². The molecule has 1 amide bonds. The summed E-state index contributed by atoms with van der Waals surface area (Å²) in [5.41, 5.74) is 1.41. The van der Waals surface area contributed by atoms with E-state index in [-0.39, 0.29) is 17.5 Å². The standard InChI is InChI=1S/C17H26N4O4S/c22-16(18-7-6-15-4-2-1-3-5-15)12-20-13-17(19-14-20)26(23,24)21-8-10-25-11-9-21/h4,13-14H,1-3,5-12H2,(H,18,22). The molecule has 1 saturated heterocycles. The average Bonchev–Trinajstić information content (AvgIpc) is 3.12. The first kappa shape index (κ1) is 19.1. The van der Waals surface area contributed by atoms with Gasteiger partial charge in [-0.2, -0.15) is 4.31 Å². The number of carbonyl (C=O) groups excluding carboxylic acids is 1. The average molecular weight is 382 g/mol. The molecule has 0 aromatic carbocycles. The number of nitrogens with zero attached hydrogens (tertiary/aromatic N) is 3. The Morgan fingerprint density at radius 1 is 1.27 bits per heavy atom. The summed E-state index contributed by atoms with van der Waals surface area (Å²) < 4.78 is 33.1. The molecule has 3 rings (SSSR count). The number of hydrogen-bond acceptors (Lipinski definition) is 5. The van der Waals surface area contributed by atoms with Gasteiger partial charge in [0.05, 0.1) is 19.5 Å². The molecular formula is C17H26N4O4S. The molecule has 144 valence electrons. The molecule has 8 nitrogen and oxygen atoms in total. The summed E-state index contributed by atoms with van der Waals surface area (Å²) in [4.78, 5) is 16.0. The highest BCUT2D eigenvalue weighted by Crippen LogP contribution is 2.19. The van der Waals surface area contributed by atoms with Crippen molar-refractivity contribution in [3.63, 3.8) is 0 Å². The molecule has 2 heterocycles. The number of sulfonamides is 1. The Bertz CT molecular complexity index is 751. The van der Waals surface area contributed by atoms with Crippen molar-refractivity contribution in [3.05, 3.63) is 24.2 Å². The molecule has 1 aromatic heterocycles. The fraction of sp³-hybridized carbons (Fsp3) is 0.647. The Morgan fingerprint density at radius 2 is 2.08 bits per heavy atom. The maximum atomic E-state index is 12.5. The lowest BCUT2D eigenvalue weighted by molar-refractivity contribution is -0.121. The number of hydrogen-bond donors (Lipinski definition) is 1. The van der Waals surface area contributed by atoms with E-state index < -0.39 is 10.0 Å². The maximum Gasteiger partial charge on any atom is 0.262 e. The second kappa shape index (κ2) is 8.79. The summed E-state index contributed by atoms with van der Waals surface area (Å²) in [6, 6.07) is 0. The van der Waals surface area contributed by atoms with Crippen molar-refractivity contribution < 1.29 is 17.9 Å². The van der Waals surface area contributed by atoms with Crippen LogP contribution in [0.5, 0.6) is 0 Å². The highest BCUT2D eigenvalue weighted by Gasteiger charge is 2.28. The molecular weight excluding hydrogens is 356 g/mol. The first-order valence-corrected chi connectivity index (χ1v) is 10.5. The van der Waals surface area contributed by atoms with E-state index in [1.165, 1.54) is 39.8 Å². The van der Waals surface area contributed by atoms with Crippen molar-refractivity contribution in [2.75, 3.05) is 32.8 Å². The van der Waals surface area contributed by atoms with Crippen molar-refractivity contribution in [2.24, 2.45) is 0 Å². The molecule has 2 aliphatic rings. The van der Waals surface area contributed by atoms with Crippen LogP contribution in [0.2, 0.25) is 0 Å². The molecule has 0 saturated carbocycles. The van der Waals surface area contributed by atoms with Gasteiger partial charge in [0.1, 0.15) is 6.54 Å². The third kappa shape index (κ3) is 4.93. The van der Waals surface area contributed by atoms with Gasteiger partial charge in [-0.05, 0) is 32.1 Å². The maximum absolute atomic E-state index is 12.5. The SMILES string of the molecule is O=C(Cn1cnc(S(=O)(=O)N2CCOCC2)c1)NCCC1=CCCCC1. The van der Waals surface area contributed by atoms with E-state index in [1.54, 1.807) is 0 Å². The van der Waals surface area contributed by atoms with Crippen molar-refractivity contribution in [1.29, 1.82) is 0 Å². The molecule has 1 N–H and O–H groups in total. The van der Waals surface area contributed by atoms with Crippen LogP contribution in [0, 0.1) is 0 Å². The van der Waals surface area contributed by atoms with Crippen LogP contribution < -0.4 is 5.32 Å². The summed E-state index contributed by atoms with van der Waals surface area (Å²) in [5, 5.41) is 2.86. The van der Waals surface area contributed by atoms with Gasteiger partial charge in [-0.25, -0.2) is 13.4 Å². The number of rotatable bonds is 7. The lowest BCUT2D eigenvalue weighted by Gasteiger charge is -2.24. The summed E-state index contributed by atoms with van der Waals surface area (Å²) in [5.74, 6) is -0.144. The van der Waals surface area contributed by atoms with Crippen molar-refractivity contribution in [1.82, 2.24) is 19.2 Å². The monoisotopic (exact) mass is 382 g/mol. The van der Waals surface area contributed by atoms with Crippen LogP contribution in [0.15, 0.2) is 29.2 Å². The van der Waals surface area contributed by atoms with Gasteiger partial charge in [-0.1, -0.05) is 11.6 Å². The lowest BCUT2D eigenvalue weighted by atomic mass is 9.97. The Hall–Kier alpha value is -1.71. The number of morpholine rings is 1. The van der Waals surface area contributed by atoms with E-state index in [0.717, 1.165) is 19.3 Å². The van der Waals surface area contributed by atoms with Crippen molar-refractivity contribution in [2.45, 2.75) is 43.7 Å². The van der Waals surface area contributed by atoms with E-state index >= 15 is 0 Å². The molecule has 1 aliphatic heterocycles. The highest BCUT2D eigenvalue weighted by atomic mass is 32.2. The molecule has 1 fully saturated rings. The van der Waals surface area contributed by atoms with E-state index in [1.807, 2.05) is 0 Å². The van der Waals surface area contributed by atoms with E-state index in [2.05, 4.69) is 16.4 Å². The molecule has 1 aromatic rings. The zero-order valence-electron chi connectivity index (χ0n) is 14.9. The fourth-order valence-corrected chi connectivity index (χ4v) is 4.54. The summed E-state index contributed by atoms with van der Waals surface area (Å²) in [7, 11) is -3.63. The quantitative estimate of drug-likeness (QED) is 0.708. The van der Waals surface area contributed by atoms with Crippen LogP contribution in [0.4, 0.5) is 0 Å². The first-order valence-electron chi connectivity index (χ1n) is 9.10. The molecule has 0 bridgehead atoms. The van der Waals surface area contributed by atoms with Gasteiger partial charge in [-0.15, -0.1) is 0 Å². The number of carbonyl (C=O) groups is 1. The molecule has 26 heavy (non-hydrogen) atoms. The van der Waals surface area contributed by atoms with Gasteiger partial charge in [0.15, 0.2) is 5.03 Å². The summed E-state index contributed by atoms with van der Waals surface area (Å²) in [6.07, 6.45) is 10.7. The Balaban J connectivity index is 1.49. The fourth-order valence-electron chi connectivity index (χ4n) is 3.19. The zero-order chi connectivity index (χ0) is 18.4. The molecule has 0 spiro atoms. The molecule has 0 atom stereocenters. The lowest BCUT2D eigenvalue weighted by Crippen LogP contribution is -2.40. The minimum atomic E-state index is -3.63. The van der Waals surface area contributed by atoms with Crippen LogP contribution in [0.1, 0.15) is 32.1 Å². The van der Waals surface area contributed by atoms with E-state index in [4.69, 9.17) is 4.74 Å². The number of allylic oxidation sites excluding steroid dienone is 1. The van der Waals surface area contributed by atoms with Crippen LogP contribution in [-0.4, -0.2) is 61.0 Å². The van der Waals surface area contributed by atoms with Crippen LogP contribution >= 0.6 is 0 Å².